The Balaban J connectivity index is 0.00000191. The molecule has 1 aliphatic rings. The van der Waals surface area contributed by atoms with E-state index in [9.17, 15) is 13.2 Å². The molecule has 0 fully saturated rings. The summed E-state index contributed by atoms with van der Waals surface area (Å²) >= 11 is 0.219. The molecule has 0 aromatic carbocycles. The van der Waals surface area contributed by atoms with Gasteiger partial charge in [-0.05, 0) is 37.3 Å². The van der Waals surface area contributed by atoms with Gasteiger partial charge in [0, 0.05) is 11.4 Å². The smallest absolute Gasteiger partial charge is 0.268 e. The largest absolute Gasteiger partial charge is 0.348 e. The van der Waals surface area contributed by atoms with Gasteiger partial charge in [0.25, 0.3) is 0 Å². The molecule has 120 valence electrons. The molecule has 1 nitrogen and oxygen atoms in total. The maximum atomic E-state index is 13.7. The van der Waals surface area contributed by atoms with E-state index in [0.29, 0.717) is 4.91 Å². The summed E-state index contributed by atoms with van der Waals surface area (Å²) < 4.78 is 42.3. The molecule has 0 aromatic rings. The van der Waals surface area contributed by atoms with E-state index >= 15 is 0 Å². The topological polar surface area (TPSA) is 3.24 Å². The van der Waals surface area contributed by atoms with E-state index in [1.807, 2.05) is 20.8 Å². The molecule has 0 saturated heterocycles. The molecule has 1 aliphatic carbocycles. The molecule has 0 radical (unpaired) electrons. The lowest BCUT2D eigenvalue weighted by molar-refractivity contribution is 0.119. The van der Waals surface area contributed by atoms with Crippen molar-refractivity contribution in [1.82, 2.24) is 4.44 Å². The molecule has 0 bridgehead atoms. The molecule has 21 heavy (non-hydrogen) atoms. The van der Waals surface area contributed by atoms with Crippen LogP contribution in [0.2, 0.25) is 0 Å². The average molecular weight is 355 g/mol. The molecule has 1 rings (SSSR count). The van der Waals surface area contributed by atoms with Crippen molar-refractivity contribution in [3.63, 3.8) is 0 Å². The molecule has 2 unspecified atom stereocenters. The summed E-state index contributed by atoms with van der Waals surface area (Å²) in [5.41, 5.74) is 1.08. The van der Waals surface area contributed by atoms with Crippen LogP contribution in [0.5, 0.6) is 0 Å². The van der Waals surface area contributed by atoms with Crippen molar-refractivity contribution >= 4 is 30.5 Å². The fourth-order valence-corrected chi connectivity index (χ4v) is 2.27. The summed E-state index contributed by atoms with van der Waals surface area (Å²) in [5.74, 6) is -1.42. The normalized spacial score (nSPS) is 16.0. The van der Waals surface area contributed by atoms with E-state index in [4.69, 9.17) is 0 Å². The van der Waals surface area contributed by atoms with Gasteiger partial charge >= 0.3 is 5.25 Å². The van der Waals surface area contributed by atoms with E-state index in [1.54, 1.807) is 24.3 Å². The van der Waals surface area contributed by atoms with Crippen LogP contribution >= 0.6 is 30.5 Å². The number of nitrogens with zero attached hydrogens (tertiary/aromatic N) is 1. The lowest BCUT2D eigenvalue weighted by Crippen LogP contribution is -2.12. The van der Waals surface area contributed by atoms with Gasteiger partial charge in [0.1, 0.15) is 0 Å². The minimum Gasteiger partial charge on any atom is -0.268 e. The van der Waals surface area contributed by atoms with Crippen molar-refractivity contribution in [3.05, 3.63) is 46.7 Å². The van der Waals surface area contributed by atoms with Gasteiger partial charge in [-0.15, -0.1) is 0 Å². The van der Waals surface area contributed by atoms with E-state index in [1.165, 1.54) is 4.44 Å². The average Bonchev–Trinajstić information content (AvgIpc) is 2.62. The Morgan fingerprint density at radius 1 is 1.38 bits per heavy atom. The monoisotopic (exact) mass is 355 g/mol. The third-order valence-electron chi connectivity index (χ3n) is 2.26. The van der Waals surface area contributed by atoms with Crippen LogP contribution in [0.15, 0.2) is 46.7 Å². The van der Waals surface area contributed by atoms with Crippen molar-refractivity contribution in [2.75, 3.05) is 6.54 Å². The summed E-state index contributed by atoms with van der Waals surface area (Å²) in [6.07, 6.45) is 8.34. The minimum atomic E-state index is -3.55. The summed E-state index contributed by atoms with van der Waals surface area (Å²) in [6, 6.07) is 0. The molecule has 0 heterocycles. The lowest BCUT2D eigenvalue weighted by Gasteiger charge is -2.14. The second-order valence-electron chi connectivity index (χ2n) is 4.06. The molecule has 0 N–H and O–H groups in total. The second kappa shape index (κ2) is 10.6. The van der Waals surface area contributed by atoms with E-state index < -0.39 is 11.1 Å². The molecule has 7 heteroatoms. The molecule has 0 spiro atoms. The van der Waals surface area contributed by atoms with Gasteiger partial charge in [0.05, 0.1) is 0 Å². The summed E-state index contributed by atoms with van der Waals surface area (Å²) in [7, 11) is 4.50. The Hall–Kier alpha value is -0.0800. The van der Waals surface area contributed by atoms with Crippen LogP contribution in [0, 0.1) is 0 Å². The molecule has 0 saturated carbocycles. The van der Waals surface area contributed by atoms with Gasteiger partial charge < -0.3 is 0 Å². The van der Waals surface area contributed by atoms with Gasteiger partial charge in [-0.25, -0.2) is 4.39 Å². The van der Waals surface area contributed by atoms with E-state index in [0.717, 1.165) is 18.1 Å². The van der Waals surface area contributed by atoms with Crippen molar-refractivity contribution in [2.45, 2.75) is 32.4 Å². The Morgan fingerprint density at radius 2 is 2.00 bits per heavy atom. The molecular formula is C14H22F3NP2S. The predicted molar refractivity (Wildman–Crippen MR) is 94.8 cm³/mol. The van der Waals surface area contributed by atoms with Crippen molar-refractivity contribution in [1.29, 1.82) is 0 Å². The predicted octanol–water partition coefficient (Wildman–Crippen LogP) is 5.86. The first-order valence-corrected chi connectivity index (χ1v) is 8.40. The van der Waals surface area contributed by atoms with Gasteiger partial charge in [0.2, 0.25) is 0 Å². The highest BCUT2D eigenvalue weighted by Gasteiger charge is 2.36. The Kier molecular flexibility index (Phi) is 10.6. The van der Waals surface area contributed by atoms with Crippen molar-refractivity contribution in [2.24, 2.45) is 0 Å². The zero-order valence-corrected chi connectivity index (χ0v) is 15.6. The SMILES string of the molecule is CC.CC1=CC=C(SC(F)(F)/C(F)=C/CN(P)P)C=CC1. The Bertz CT molecular complexity index is 444. The molecule has 0 amide bonds. The lowest BCUT2D eigenvalue weighted by atomic mass is 10.2. The van der Waals surface area contributed by atoms with Gasteiger partial charge in [-0.1, -0.05) is 56.4 Å². The maximum absolute atomic E-state index is 13.7. The Morgan fingerprint density at radius 3 is 2.57 bits per heavy atom. The number of alkyl halides is 2. The van der Waals surface area contributed by atoms with E-state index in [2.05, 4.69) is 18.8 Å². The molecular weight excluding hydrogens is 333 g/mol. The first kappa shape index (κ1) is 20.9. The maximum Gasteiger partial charge on any atom is 0.348 e. The van der Waals surface area contributed by atoms with Crippen molar-refractivity contribution < 1.29 is 13.2 Å². The van der Waals surface area contributed by atoms with Gasteiger partial charge in [-0.2, -0.15) is 8.78 Å². The third kappa shape index (κ3) is 8.83. The highest BCUT2D eigenvalue weighted by Crippen LogP contribution is 2.42. The number of hydrogen-bond donors (Lipinski definition) is 0. The van der Waals surface area contributed by atoms with Crippen LogP contribution in [0.25, 0.3) is 0 Å². The van der Waals surface area contributed by atoms with Crippen LogP contribution in [0.4, 0.5) is 13.2 Å². The summed E-state index contributed by atoms with van der Waals surface area (Å²) in [4.78, 5) is 0.346. The van der Waals surface area contributed by atoms with Crippen LogP contribution in [0.1, 0.15) is 27.2 Å². The highest BCUT2D eigenvalue weighted by molar-refractivity contribution is 8.04. The summed E-state index contributed by atoms with van der Waals surface area (Å²) in [5, 5.41) is -3.55. The van der Waals surface area contributed by atoms with Crippen LogP contribution in [-0.2, 0) is 0 Å². The number of hydrogen-bond acceptors (Lipinski definition) is 2. The zero-order valence-electron chi connectivity index (χ0n) is 12.4. The molecule has 2 atom stereocenters. The van der Waals surface area contributed by atoms with Gasteiger partial charge in [0.15, 0.2) is 5.83 Å². The third-order valence-corrected chi connectivity index (χ3v) is 3.64. The minimum absolute atomic E-state index is 0.0746. The van der Waals surface area contributed by atoms with Crippen LogP contribution < -0.4 is 0 Å². The standard InChI is InChI=1S/C12H16F3NP2S.C2H6/c1-9-3-2-4-10(6-5-9)19-12(14,15)11(13)7-8-16(17)18;1-2/h2,4-7H,3,8,17-18H2,1H3;1-2H3/b11-7-;. The second-order valence-corrected chi connectivity index (χ2v) is 7.17. The number of rotatable bonds is 5. The number of halogens is 3. The zero-order chi connectivity index (χ0) is 16.5. The quantitative estimate of drug-likeness (QED) is 0.568. The fourth-order valence-electron chi connectivity index (χ4n) is 1.28. The van der Waals surface area contributed by atoms with E-state index in [-0.39, 0.29) is 18.3 Å². The fraction of sp³-hybridized carbons (Fsp3) is 0.429. The summed E-state index contributed by atoms with van der Waals surface area (Å²) in [6.45, 7) is 5.99. The van der Waals surface area contributed by atoms with Gasteiger partial charge in [-0.3, -0.25) is 4.44 Å². The highest BCUT2D eigenvalue weighted by atomic mass is 32.2. The number of allylic oxidation sites excluding steroid dienone is 5. The number of thioether (sulfide) groups is 1. The molecule has 0 aliphatic heterocycles. The first-order valence-electron chi connectivity index (χ1n) is 6.55. The molecule has 0 aromatic heterocycles. The van der Waals surface area contributed by atoms with Crippen LogP contribution in [0.3, 0.4) is 0 Å². The first-order chi connectivity index (χ1) is 9.81. The van der Waals surface area contributed by atoms with Crippen molar-refractivity contribution in [3.8, 4) is 0 Å². The van der Waals surface area contributed by atoms with Crippen LogP contribution in [-0.4, -0.2) is 16.2 Å². The Labute approximate surface area is 134 Å².